The summed E-state index contributed by atoms with van der Waals surface area (Å²) in [5.74, 6) is 1.18. The van der Waals surface area contributed by atoms with Gasteiger partial charge >= 0.3 is 0 Å². The molecule has 2 heteroatoms. The number of hydrogen-bond donors (Lipinski definition) is 1. The van der Waals surface area contributed by atoms with Crippen molar-refractivity contribution in [1.29, 1.82) is 0 Å². The van der Waals surface area contributed by atoms with Crippen LogP contribution >= 0.6 is 0 Å². The molecule has 1 saturated carbocycles. The van der Waals surface area contributed by atoms with Gasteiger partial charge in [-0.2, -0.15) is 0 Å². The Morgan fingerprint density at radius 1 is 1.42 bits per heavy atom. The number of hydrogen-bond acceptors (Lipinski definition) is 2. The van der Waals surface area contributed by atoms with Crippen molar-refractivity contribution in [2.45, 2.75) is 39.7 Å². The first-order valence-electron chi connectivity index (χ1n) is 4.71. The summed E-state index contributed by atoms with van der Waals surface area (Å²) in [5.41, 5.74) is 0. The van der Waals surface area contributed by atoms with Crippen LogP contribution in [0.25, 0.3) is 0 Å². The van der Waals surface area contributed by atoms with E-state index >= 15 is 0 Å². The van der Waals surface area contributed by atoms with E-state index in [0.29, 0.717) is 11.8 Å². The van der Waals surface area contributed by atoms with Crippen molar-refractivity contribution in [3.8, 4) is 0 Å². The third-order valence-corrected chi connectivity index (χ3v) is 3.03. The first-order valence-corrected chi connectivity index (χ1v) is 4.71. The SMILES string of the molecule is CC(=O)C1CC(C(C)C)CC1O. The summed E-state index contributed by atoms with van der Waals surface area (Å²) in [6.45, 7) is 5.89. The van der Waals surface area contributed by atoms with Gasteiger partial charge < -0.3 is 5.11 Å². The van der Waals surface area contributed by atoms with E-state index in [0.717, 1.165) is 12.8 Å². The molecule has 3 atom stereocenters. The van der Waals surface area contributed by atoms with Crippen LogP contribution in [-0.4, -0.2) is 17.0 Å². The zero-order chi connectivity index (χ0) is 9.30. The number of ketones is 1. The summed E-state index contributed by atoms with van der Waals surface area (Å²) in [5, 5.41) is 9.56. The van der Waals surface area contributed by atoms with Crippen molar-refractivity contribution in [2.24, 2.45) is 17.8 Å². The highest BCUT2D eigenvalue weighted by atomic mass is 16.3. The molecular formula is C10H18O2. The van der Waals surface area contributed by atoms with Gasteiger partial charge in [0.15, 0.2) is 0 Å². The van der Waals surface area contributed by atoms with Crippen LogP contribution in [0.3, 0.4) is 0 Å². The van der Waals surface area contributed by atoms with E-state index in [4.69, 9.17) is 0 Å². The van der Waals surface area contributed by atoms with Crippen molar-refractivity contribution in [1.82, 2.24) is 0 Å². The van der Waals surface area contributed by atoms with E-state index in [1.807, 2.05) is 0 Å². The Balaban J connectivity index is 2.56. The second kappa shape index (κ2) is 3.56. The number of Topliss-reactive ketones (excluding diaryl/α,β-unsaturated/α-hetero) is 1. The normalized spacial score (nSPS) is 35.9. The van der Waals surface area contributed by atoms with Crippen molar-refractivity contribution in [3.05, 3.63) is 0 Å². The van der Waals surface area contributed by atoms with Crippen molar-refractivity contribution < 1.29 is 9.90 Å². The summed E-state index contributed by atoms with van der Waals surface area (Å²) in [6.07, 6.45) is 1.31. The number of aliphatic hydroxyl groups is 1. The molecule has 0 aromatic carbocycles. The minimum atomic E-state index is -0.380. The summed E-state index contributed by atoms with van der Waals surface area (Å²) in [7, 11) is 0. The van der Waals surface area contributed by atoms with Crippen LogP contribution in [0.4, 0.5) is 0 Å². The molecule has 2 nitrogen and oxygen atoms in total. The molecule has 0 aromatic rings. The Morgan fingerprint density at radius 2 is 2.00 bits per heavy atom. The van der Waals surface area contributed by atoms with E-state index in [2.05, 4.69) is 13.8 Å². The average molecular weight is 170 g/mol. The topological polar surface area (TPSA) is 37.3 Å². The fraction of sp³-hybridized carbons (Fsp3) is 0.900. The molecule has 0 bridgehead atoms. The molecule has 0 radical (unpaired) electrons. The van der Waals surface area contributed by atoms with Gasteiger partial charge in [0.2, 0.25) is 0 Å². The Bertz CT molecular complexity index is 175. The van der Waals surface area contributed by atoms with Gasteiger partial charge in [-0.3, -0.25) is 4.79 Å². The third kappa shape index (κ3) is 1.86. The Morgan fingerprint density at radius 3 is 2.25 bits per heavy atom. The third-order valence-electron chi connectivity index (χ3n) is 3.03. The second-order valence-corrected chi connectivity index (χ2v) is 4.26. The van der Waals surface area contributed by atoms with Gasteiger partial charge in [-0.25, -0.2) is 0 Å². The van der Waals surface area contributed by atoms with Crippen molar-refractivity contribution in [2.75, 3.05) is 0 Å². The first kappa shape index (κ1) is 9.72. The zero-order valence-electron chi connectivity index (χ0n) is 8.08. The lowest BCUT2D eigenvalue weighted by atomic mass is 9.93. The minimum Gasteiger partial charge on any atom is -0.392 e. The minimum absolute atomic E-state index is 0.0857. The molecule has 1 fully saturated rings. The van der Waals surface area contributed by atoms with Gasteiger partial charge in [0.1, 0.15) is 5.78 Å². The summed E-state index contributed by atoms with van der Waals surface area (Å²) >= 11 is 0. The standard InChI is InChI=1S/C10H18O2/c1-6(2)8-4-9(7(3)11)10(12)5-8/h6,8-10,12H,4-5H2,1-3H3. The Hall–Kier alpha value is -0.370. The van der Waals surface area contributed by atoms with Gasteiger partial charge in [0, 0.05) is 5.92 Å². The fourth-order valence-corrected chi connectivity index (χ4v) is 2.04. The maximum atomic E-state index is 11.1. The predicted octanol–water partition coefficient (Wildman–Crippen LogP) is 1.62. The number of carbonyl (C=O) groups is 1. The van der Waals surface area contributed by atoms with E-state index in [9.17, 15) is 9.90 Å². The molecule has 0 amide bonds. The highest BCUT2D eigenvalue weighted by molar-refractivity contribution is 5.79. The molecule has 3 unspecified atom stereocenters. The molecule has 70 valence electrons. The smallest absolute Gasteiger partial charge is 0.135 e. The summed E-state index contributed by atoms with van der Waals surface area (Å²) in [6, 6.07) is 0. The second-order valence-electron chi connectivity index (χ2n) is 4.26. The van der Waals surface area contributed by atoms with Gasteiger partial charge in [-0.15, -0.1) is 0 Å². The molecule has 1 N–H and O–H groups in total. The van der Waals surface area contributed by atoms with Crippen LogP contribution in [0.1, 0.15) is 33.6 Å². The number of rotatable bonds is 2. The molecule has 1 aliphatic carbocycles. The molecule has 0 saturated heterocycles. The van der Waals surface area contributed by atoms with Gasteiger partial charge in [0.25, 0.3) is 0 Å². The molecule has 1 aliphatic rings. The lowest BCUT2D eigenvalue weighted by molar-refractivity contribution is -0.123. The van der Waals surface area contributed by atoms with Gasteiger partial charge in [-0.1, -0.05) is 13.8 Å². The lowest BCUT2D eigenvalue weighted by Gasteiger charge is -2.12. The Kier molecular flexibility index (Phi) is 2.89. The van der Waals surface area contributed by atoms with E-state index < -0.39 is 0 Å². The van der Waals surface area contributed by atoms with E-state index in [1.54, 1.807) is 6.92 Å². The average Bonchev–Trinajstić information content (AvgIpc) is 2.30. The molecule has 0 aromatic heterocycles. The lowest BCUT2D eigenvalue weighted by Crippen LogP contribution is -2.19. The predicted molar refractivity (Wildman–Crippen MR) is 47.7 cm³/mol. The number of aliphatic hydroxyl groups excluding tert-OH is 1. The van der Waals surface area contributed by atoms with E-state index in [1.165, 1.54) is 0 Å². The van der Waals surface area contributed by atoms with Crippen LogP contribution < -0.4 is 0 Å². The summed E-state index contributed by atoms with van der Waals surface area (Å²) in [4.78, 5) is 11.1. The summed E-state index contributed by atoms with van der Waals surface area (Å²) < 4.78 is 0. The molecule has 1 rings (SSSR count). The highest BCUT2D eigenvalue weighted by Crippen LogP contribution is 2.36. The quantitative estimate of drug-likeness (QED) is 0.683. The maximum absolute atomic E-state index is 11.1. The first-order chi connectivity index (χ1) is 5.52. The molecule has 0 heterocycles. The number of carbonyl (C=O) groups excluding carboxylic acids is 1. The largest absolute Gasteiger partial charge is 0.392 e. The van der Waals surface area contributed by atoms with Crippen LogP contribution in [0.15, 0.2) is 0 Å². The van der Waals surface area contributed by atoms with Crippen molar-refractivity contribution in [3.63, 3.8) is 0 Å². The van der Waals surface area contributed by atoms with E-state index in [-0.39, 0.29) is 17.8 Å². The van der Waals surface area contributed by atoms with Gasteiger partial charge in [0.05, 0.1) is 6.10 Å². The molecule has 0 spiro atoms. The van der Waals surface area contributed by atoms with Crippen LogP contribution in [0.2, 0.25) is 0 Å². The molecule has 12 heavy (non-hydrogen) atoms. The zero-order valence-corrected chi connectivity index (χ0v) is 8.08. The highest BCUT2D eigenvalue weighted by Gasteiger charge is 2.36. The van der Waals surface area contributed by atoms with Crippen LogP contribution in [0, 0.1) is 17.8 Å². The maximum Gasteiger partial charge on any atom is 0.135 e. The van der Waals surface area contributed by atoms with Gasteiger partial charge in [-0.05, 0) is 31.6 Å². The van der Waals surface area contributed by atoms with Crippen LogP contribution in [0.5, 0.6) is 0 Å². The Labute approximate surface area is 74.0 Å². The molecule has 0 aliphatic heterocycles. The fourth-order valence-electron chi connectivity index (χ4n) is 2.04. The molecular weight excluding hydrogens is 152 g/mol. The monoisotopic (exact) mass is 170 g/mol. The van der Waals surface area contributed by atoms with Crippen LogP contribution in [-0.2, 0) is 4.79 Å². The van der Waals surface area contributed by atoms with Crippen molar-refractivity contribution >= 4 is 5.78 Å².